The van der Waals surface area contributed by atoms with E-state index in [4.69, 9.17) is 0 Å². The minimum atomic E-state index is -3.76. The molecule has 164 valence electrons. The van der Waals surface area contributed by atoms with Crippen LogP contribution in [0, 0.1) is 13.8 Å². The van der Waals surface area contributed by atoms with E-state index < -0.39 is 10.0 Å². The van der Waals surface area contributed by atoms with Gasteiger partial charge in [-0.15, -0.1) is 0 Å². The number of hydrogen-bond acceptors (Lipinski definition) is 2. The maximum Gasteiger partial charge on any atom is 0.268 e. The fourth-order valence-electron chi connectivity index (χ4n) is 4.26. The van der Waals surface area contributed by atoms with Gasteiger partial charge in [0.15, 0.2) is 0 Å². The molecule has 0 aliphatic heterocycles. The number of fused-ring (bicyclic) bond motifs is 1. The van der Waals surface area contributed by atoms with Crippen molar-refractivity contribution in [2.24, 2.45) is 0 Å². The Morgan fingerprint density at radius 2 is 1.45 bits per heavy atom. The Bertz CT molecular complexity index is 1590. The second-order valence-corrected chi connectivity index (χ2v) is 10.9. The van der Waals surface area contributed by atoms with Gasteiger partial charge in [-0.1, -0.05) is 76.1 Å². The molecule has 0 unspecified atom stereocenters. The monoisotopic (exact) mass is 515 g/mol. The van der Waals surface area contributed by atoms with E-state index >= 15 is 0 Å². The van der Waals surface area contributed by atoms with Gasteiger partial charge in [0.25, 0.3) is 10.0 Å². The quantitative estimate of drug-likeness (QED) is 0.247. The second-order valence-electron chi connectivity index (χ2n) is 8.16. The van der Waals surface area contributed by atoms with E-state index in [1.54, 1.807) is 30.5 Å². The summed E-state index contributed by atoms with van der Waals surface area (Å²) >= 11 is 3.57. The zero-order valence-corrected chi connectivity index (χ0v) is 20.7. The predicted octanol–water partition coefficient (Wildman–Crippen LogP) is 7.59. The molecular weight excluding hydrogens is 494 g/mol. The van der Waals surface area contributed by atoms with Crippen molar-refractivity contribution in [3.05, 3.63) is 113 Å². The van der Waals surface area contributed by atoms with Crippen LogP contribution >= 0.6 is 15.9 Å². The molecule has 0 saturated carbocycles. The van der Waals surface area contributed by atoms with Crippen molar-refractivity contribution in [1.29, 1.82) is 0 Å². The number of rotatable bonds is 4. The molecule has 0 aliphatic carbocycles. The first-order chi connectivity index (χ1) is 15.9. The maximum absolute atomic E-state index is 13.6. The SMILES string of the molecule is Cc1ccc(-c2cc(-c3cccc(Br)c3)c3c(ccn3S(=O)(=O)c3ccccc3)c2C)cc1. The van der Waals surface area contributed by atoms with Gasteiger partial charge in [-0.2, -0.15) is 0 Å². The van der Waals surface area contributed by atoms with E-state index in [1.165, 1.54) is 9.54 Å². The summed E-state index contributed by atoms with van der Waals surface area (Å²) in [4.78, 5) is 0.267. The fourth-order valence-corrected chi connectivity index (χ4v) is 6.05. The molecule has 0 atom stereocenters. The summed E-state index contributed by atoms with van der Waals surface area (Å²) in [5.74, 6) is 0. The van der Waals surface area contributed by atoms with Crippen molar-refractivity contribution >= 4 is 36.9 Å². The molecule has 0 radical (unpaired) electrons. The van der Waals surface area contributed by atoms with Gasteiger partial charge in [-0.3, -0.25) is 0 Å². The smallest absolute Gasteiger partial charge is 0.241 e. The van der Waals surface area contributed by atoms with Gasteiger partial charge in [0.2, 0.25) is 0 Å². The van der Waals surface area contributed by atoms with Gasteiger partial charge in [0.05, 0.1) is 10.4 Å². The average molecular weight is 516 g/mol. The lowest BCUT2D eigenvalue weighted by molar-refractivity contribution is 0.589. The van der Waals surface area contributed by atoms with Crippen LogP contribution in [-0.4, -0.2) is 12.4 Å². The number of halogens is 1. The molecule has 3 nitrogen and oxygen atoms in total. The molecule has 0 bridgehead atoms. The highest BCUT2D eigenvalue weighted by Crippen LogP contribution is 2.40. The lowest BCUT2D eigenvalue weighted by Gasteiger charge is -2.16. The molecule has 0 amide bonds. The molecule has 1 heterocycles. The molecular formula is C28H22BrNO2S. The van der Waals surface area contributed by atoms with Crippen molar-refractivity contribution < 1.29 is 8.42 Å². The summed E-state index contributed by atoms with van der Waals surface area (Å²) in [5.41, 5.74) is 6.95. The zero-order chi connectivity index (χ0) is 23.2. The molecule has 0 aliphatic rings. The summed E-state index contributed by atoms with van der Waals surface area (Å²) in [6.07, 6.45) is 1.67. The third-order valence-corrected chi connectivity index (χ3v) is 8.19. The summed E-state index contributed by atoms with van der Waals surface area (Å²) in [5, 5.41) is 0.919. The van der Waals surface area contributed by atoms with Crippen LogP contribution in [-0.2, 0) is 10.0 Å². The minimum Gasteiger partial charge on any atom is -0.241 e. The van der Waals surface area contributed by atoms with Crippen LogP contribution < -0.4 is 0 Å². The summed E-state index contributed by atoms with van der Waals surface area (Å²) in [6.45, 7) is 4.13. The topological polar surface area (TPSA) is 39.1 Å². The maximum atomic E-state index is 13.6. The molecule has 0 fully saturated rings. The number of aryl methyl sites for hydroxylation is 2. The molecule has 5 heteroatoms. The first-order valence-electron chi connectivity index (χ1n) is 10.6. The summed E-state index contributed by atoms with van der Waals surface area (Å²) < 4.78 is 29.6. The highest BCUT2D eigenvalue weighted by atomic mass is 79.9. The van der Waals surface area contributed by atoms with E-state index in [0.29, 0.717) is 5.52 Å². The normalized spacial score (nSPS) is 11.7. The molecule has 5 aromatic rings. The van der Waals surface area contributed by atoms with E-state index in [1.807, 2.05) is 36.4 Å². The lowest BCUT2D eigenvalue weighted by atomic mass is 9.92. The standard InChI is InChI=1S/C28H22BrNO2S/c1-19-11-13-21(14-12-19)26-18-27(22-7-6-8-23(29)17-22)28-25(20(26)2)15-16-30(28)33(31,32)24-9-4-3-5-10-24/h3-18H,1-2H3. The first kappa shape index (κ1) is 21.7. The third kappa shape index (κ3) is 3.81. The van der Waals surface area contributed by atoms with Gasteiger partial charge >= 0.3 is 0 Å². The molecule has 4 aromatic carbocycles. The van der Waals surface area contributed by atoms with Crippen molar-refractivity contribution in [2.45, 2.75) is 18.7 Å². The fraction of sp³-hybridized carbons (Fsp3) is 0.0714. The zero-order valence-electron chi connectivity index (χ0n) is 18.3. The molecule has 33 heavy (non-hydrogen) atoms. The average Bonchev–Trinajstić information content (AvgIpc) is 3.27. The minimum absolute atomic E-state index is 0.267. The molecule has 1 aromatic heterocycles. The highest BCUT2D eigenvalue weighted by Gasteiger charge is 2.23. The number of benzene rings is 4. The van der Waals surface area contributed by atoms with E-state index in [9.17, 15) is 8.42 Å². The van der Waals surface area contributed by atoms with Gasteiger partial charge in [0.1, 0.15) is 0 Å². The Morgan fingerprint density at radius 3 is 2.15 bits per heavy atom. The Labute approximate surface area is 202 Å². The summed E-state index contributed by atoms with van der Waals surface area (Å²) in [7, 11) is -3.76. The van der Waals surface area contributed by atoms with Crippen LogP contribution in [0.4, 0.5) is 0 Å². The van der Waals surface area contributed by atoms with Crippen LogP contribution in [0.1, 0.15) is 11.1 Å². The predicted molar refractivity (Wildman–Crippen MR) is 139 cm³/mol. The molecule has 0 spiro atoms. The van der Waals surface area contributed by atoms with Crippen LogP contribution in [0.5, 0.6) is 0 Å². The Morgan fingerprint density at radius 1 is 0.727 bits per heavy atom. The van der Waals surface area contributed by atoms with E-state index in [2.05, 4.69) is 60.1 Å². The van der Waals surface area contributed by atoms with Crippen LogP contribution in [0.25, 0.3) is 33.2 Å². The van der Waals surface area contributed by atoms with Crippen molar-refractivity contribution in [2.75, 3.05) is 0 Å². The number of hydrogen-bond donors (Lipinski definition) is 0. The third-order valence-electron chi connectivity index (χ3n) is 6.00. The van der Waals surface area contributed by atoms with Crippen molar-refractivity contribution in [3.8, 4) is 22.3 Å². The van der Waals surface area contributed by atoms with Crippen molar-refractivity contribution in [1.82, 2.24) is 3.97 Å². The van der Waals surface area contributed by atoms with E-state index in [-0.39, 0.29) is 4.90 Å². The summed E-state index contributed by atoms with van der Waals surface area (Å²) in [6, 6.07) is 29.0. The van der Waals surface area contributed by atoms with Crippen LogP contribution in [0.2, 0.25) is 0 Å². The van der Waals surface area contributed by atoms with Gasteiger partial charge in [-0.25, -0.2) is 12.4 Å². The molecule has 5 rings (SSSR count). The van der Waals surface area contributed by atoms with Crippen molar-refractivity contribution in [3.63, 3.8) is 0 Å². The van der Waals surface area contributed by atoms with Crippen LogP contribution in [0.15, 0.2) is 107 Å². The van der Waals surface area contributed by atoms with Gasteiger partial charge in [0, 0.05) is 21.6 Å². The second kappa shape index (κ2) is 8.32. The lowest BCUT2D eigenvalue weighted by Crippen LogP contribution is -2.12. The Kier molecular flexibility index (Phi) is 5.47. The molecule has 0 saturated heterocycles. The van der Waals surface area contributed by atoms with E-state index in [0.717, 1.165) is 37.7 Å². The first-order valence-corrected chi connectivity index (χ1v) is 12.9. The Hall–Kier alpha value is -3.15. The molecule has 0 N–H and O–H groups in total. The van der Waals surface area contributed by atoms with Gasteiger partial charge in [-0.05, 0) is 72.5 Å². The Balaban J connectivity index is 1.86. The highest BCUT2D eigenvalue weighted by molar-refractivity contribution is 9.10. The van der Waals surface area contributed by atoms with Gasteiger partial charge < -0.3 is 0 Å². The van der Waals surface area contributed by atoms with Crippen LogP contribution in [0.3, 0.4) is 0 Å². The number of aromatic nitrogens is 1. The largest absolute Gasteiger partial charge is 0.268 e. The number of nitrogens with zero attached hydrogens (tertiary/aromatic N) is 1.